The fraction of sp³-hybridized carbons (Fsp3) is 0.250. The van der Waals surface area contributed by atoms with E-state index in [4.69, 9.17) is 19.9 Å². The minimum atomic E-state index is -0.233. The van der Waals surface area contributed by atoms with Crippen molar-refractivity contribution < 1.29 is 19.0 Å². The number of carbonyl (C=O) groups is 1. The fourth-order valence-electron chi connectivity index (χ4n) is 2.76. The fourth-order valence-corrected chi connectivity index (χ4v) is 3.56. The molecule has 8 nitrogen and oxygen atoms in total. The van der Waals surface area contributed by atoms with E-state index in [1.165, 1.54) is 17.6 Å². The molecule has 0 saturated carbocycles. The number of amides is 1. The predicted octanol–water partition coefficient (Wildman–Crippen LogP) is 2.99. The zero-order valence-electron chi connectivity index (χ0n) is 16.4. The van der Waals surface area contributed by atoms with Gasteiger partial charge < -0.3 is 19.9 Å². The van der Waals surface area contributed by atoms with Gasteiger partial charge in [-0.05, 0) is 36.8 Å². The summed E-state index contributed by atoms with van der Waals surface area (Å²) in [5.41, 5.74) is 10.6. The van der Waals surface area contributed by atoms with Crippen molar-refractivity contribution in [1.82, 2.24) is 10.4 Å². The number of rotatable bonds is 8. The predicted molar refractivity (Wildman–Crippen MR) is 114 cm³/mol. The number of hydrogen-bond acceptors (Lipinski definition) is 8. The highest BCUT2D eigenvalue weighted by Gasteiger charge is 2.13. The largest absolute Gasteiger partial charge is 0.493 e. The number of hydrogen-bond donors (Lipinski definition) is 2. The molecule has 1 heterocycles. The van der Waals surface area contributed by atoms with Gasteiger partial charge in [0.15, 0.2) is 16.6 Å². The highest BCUT2D eigenvalue weighted by atomic mass is 32.1. The molecule has 0 fully saturated rings. The Morgan fingerprint density at radius 1 is 1.24 bits per heavy atom. The van der Waals surface area contributed by atoms with E-state index in [1.54, 1.807) is 26.4 Å². The normalized spacial score (nSPS) is 11.0. The molecule has 0 saturated heterocycles. The molecule has 0 aliphatic carbocycles. The second-order valence-corrected chi connectivity index (χ2v) is 7.07. The number of nitrogen functional groups attached to an aromatic ring is 1. The van der Waals surface area contributed by atoms with Gasteiger partial charge in [-0.2, -0.15) is 5.10 Å². The van der Waals surface area contributed by atoms with Crippen LogP contribution in [-0.2, 0) is 11.2 Å². The van der Waals surface area contributed by atoms with Gasteiger partial charge in [-0.25, -0.2) is 10.4 Å². The lowest BCUT2D eigenvalue weighted by molar-refractivity contribution is -0.120. The standard InChI is InChI=1S/C20H22N4O4S/c1-4-28-19-15(26-2)7-13(8-16(19)27-3)11-22-24-18(25)10-12-5-6-14-17(9-12)29-20(21)23-14/h5-9,11H,4,10H2,1-3H3,(H2,21,23)(H,24,25)/b22-11-. The monoisotopic (exact) mass is 414 g/mol. The maximum absolute atomic E-state index is 12.2. The molecule has 0 atom stereocenters. The molecule has 29 heavy (non-hydrogen) atoms. The van der Waals surface area contributed by atoms with Crippen molar-refractivity contribution in [3.05, 3.63) is 41.5 Å². The van der Waals surface area contributed by atoms with Gasteiger partial charge in [0.05, 0.1) is 43.7 Å². The van der Waals surface area contributed by atoms with E-state index in [1.807, 2.05) is 25.1 Å². The van der Waals surface area contributed by atoms with Crippen LogP contribution in [0.1, 0.15) is 18.1 Å². The maximum atomic E-state index is 12.2. The third-order valence-corrected chi connectivity index (χ3v) is 4.86. The molecular weight excluding hydrogens is 392 g/mol. The molecule has 152 valence electrons. The highest BCUT2D eigenvalue weighted by Crippen LogP contribution is 2.38. The molecule has 9 heteroatoms. The van der Waals surface area contributed by atoms with Crippen molar-refractivity contribution in [2.75, 3.05) is 26.6 Å². The summed E-state index contributed by atoms with van der Waals surface area (Å²) in [6.45, 7) is 2.36. The van der Waals surface area contributed by atoms with Crippen molar-refractivity contribution in [2.45, 2.75) is 13.3 Å². The van der Waals surface area contributed by atoms with Crippen LogP contribution >= 0.6 is 11.3 Å². The summed E-state index contributed by atoms with van der Waals surface area (Å²) in [4.78, 5) is 16.4. The molecule has 0 bridgehead atoms. The smallest absolute Gasteiger partial charge is 0.244 e. The van der Waals surface area contributed by atoms with Gasteiger partial charge in [0.1, 0.15) is 0 Å². The Labute approximate surface area is 172 Å². The van der Waals surface area contributed by atoms with Crippen LogP contribution in [0.25, 0.3) is 10.2 Å². The summed E-state index contributed by atoms with van der Waals surface area (Å²) in [7, 11) is 3.10. The minimum absolute atomic E-state index is 0.195. The Morgan fingerprint density at radius 3 is 2.62 bits per heavy atom. The summed E-state index contributed by atoms with van der Waals surface area (Å²) in [5.74, 6) is 1.34. The lowest BCUT2D eigenvalue weighted by Gasteiger charge is -2.14. The van der Waals surface area contributed by atoms with Crippen molar-refractivity contribution in [2.24, 2.45) is 5.10 Å². The number of benzene rings is 2. The number of aromatic nitrogens is 1. The summed E-state index contributed by atoms with van der Waals surface area (Å²) in [6, 6.07) is 9.13. The van der Waals surface area contributed by atoms with Gasteiger partial charge in [0, 0.05) is 5.56 Å². The van der Waals surface area contributed by atoms with E-state index in [2.05, 4.69) is 15.5 Å². The first-order chi connectivity index (χ1) is 14.0. The van der Waals surface area contributed by atoms with E-state index in [0.29, 0.717) is 34.6 Å². The van der Waals surface area contributed by atoms with Gasteiger partial charge in [0.25, 0.3) is 0 Å². The Bertz CT molecular complexity index is 1020. The summed E-state index contributed by atoms with van der Waals surface area (Å²) >= 11 is 1.39. The first kappa shape index (κ1) is 20.4. The number of methoxy groups -OCH3 is 2. The highest BCUT2D eigenvalue weighted by molar-refractivity contribution is 7.22. The van der Waals surface area contributed by atoms with E-state index in [0.717, 1.165) is 15.8 Å². The molecule has 3 aromatic rings. The molecule has 1 aromatic heterocycles. The lowest BCUT2D eigenvalue weighted by Crippen LogP contribution is -2.19. The van der Waals surface area contributed by atoms with E-state index in [9.17, 15) is 4.79 Å². The van der Waals surface area contributed by atoms with Crippen molar-refractivity contribution in [3.8, 4) is 17.2 Å². The Morgan fingerprint density at radius 2 is 1.97 bits per heavy atom. The molecule has 3 rings (SSSR count). The van der Waals surface area contributed by atoms with Gasteiger partial charge in [-0.15, -0.1) is 0 Å². The molecule has 0 aliphatic heterocycles. The van der Waals surface area contributed by atoms with Crippen LogP contribution in [-0.4, -0.2) is 37.9 Å². The number of hydrazone groups is 1. The van der Waals surface area contributed by atoms with Crippen LogP contribution in [0.5, 0.6) is 17.2 Å². The number of nitrogens with zero attached hydrogens (tertiary/aromatic N) is 2. The van der Waals surface area contributed by atoms with Crippen LogP contribution in [0.2, 0.25) is 0 Å². The average molecular weight is 414 g/mol. The number of nitrogens with two attached hydrogens (primary N) is 1. The first-order valence-electron chi connectivity index (χ1n) is 8.89. The first-order valence-corrected chi connectivity index (χ1v) is 9.71. The van der Waals surface area contributed by atoms with Gasteiger partial charge in [-0.3, -0.25) is 4.79 Å². The molecule has 2 aromatic carbocycles. The third-order valence-electron chi connectivity index (χ3n) is 4.01. The van der Waals surface area contributed by atoms with Crippen molar-refractivity contribution in [1.29, 1.82) is 0 Å². The molecular formula is C20H22N4O4S. The van der Waals surface area contributed by atoms with E-state index < -0.39 is 0 Å². The zero-order chi connectivity index (χ0) is 20.8. The van der Waals surface area contributed by atoms with Crippen LogP contribution in [0.3, 0.4) is 0 Å². The van der Waals surface area contributed by atoms with E-state index in [-0.39, 0.29) is 12.3 Å². The van der Waals surface area contributed by atoms with Crippen LogP contribution in [0.4, 0.5) is 5.13 Å². The molecule has 0 unspecified atom stereocenters. The van der Waals surface area contributed by atoms with Crippen LogP contribution in [0.15, 0.2) is 35.4 Å². The van der Waals surface area contributed by atoms with Gasteiger partial charge in [0.2, 0.25) is 11.7 Å². The second kappa shape index (κ2) is 9.24. The third kappa shape index (κ3) is 4.94. The van der Waals surface area contributed by atoms with Crippen molar-refractivity contribution >= 4 is 38.8 Å². The number of thiazole rings is 1. The molecule has 0 radical (unpaired) electrons. The number of ether oxygens (including phenoxy) is 3. The summed E-state index contributed by atoms with van der Waals surface area (Å²) < 4.78 is 17.2. The zero-order valence-corrected chi connectivity index (χ0v) is 17.2. The topological polar surface area (TPSA) is 108 Å². The minimum Gasteiger partial charge on any atom is -0.493 e. The summed E-state index contributed by atoms with van der Waals surface area (Å²) in [5, 5.41) is 4.53. The lowest BCUT2D eigenvalue weighted by atomic mass is 10.1. The Balaban J connectivity index is 1.67. The Kier molecular flexibility index (Phi) is 6.50. The molecule has 0 aliphatic rings. The van der Waals surface area contributed by atoms with Crippen molar-refractivity contribution in [3.63, 3.8) is 0 Å². The SMILES string of the molecule is CCOc1c(OC)cc(/C=N\NC(=O)Cc2ccc3nc(N)sc3c2)cc1OC. The van der Waals surface area contributed by atoms with Crippen LogP contribution in [0, 0.1) is 0 Å². The number of anilines is 1. The maximum Gasteiger partial charge on any atom is 0.244 e. The average Bonchev–Trinajstić information content (AvgIpc) is 3.08. The molecule has 1 amide bonds. The summed E-state index contributed by atoms with van der Waals surface area (Å²) in [6.07, 6.45) is 1.72. The van der Waals surface area contributed by atoms with Gasteiger partial charge in [-0.1, -0.05) is 17.4 Å². The number of nitrogens with one attached hydrogen (secondary N) is 1. The number of carbonyl (C=O) groups excluding carboxylic acids is 1. The number of fused-ring (bicyclic) bond motifs is 1. The quantitative estimate of drug-likeness (QED) is 0.433. The molecule has 3 N–H and O–H groups in total. The molecule has 0 spiro atoms. The van der Waals surface area contributed by atoms with Crippen LogP contribution < -0.4 is 25.4 Å². The second-order valence-electron chi connectivity index (χ2n) is 6.01. The van der Waals surface area contributed by atoms with Gasteiger partial charge >= 0.3 is 0 Å². The Hall–Kier alpha value is -3.33. The van der Waals surface area contributed by atoms with E-state index >= 15 is 0 Å².